The highest BCUT2D eigenvalue weighted by Gasteiger charge is 2.10. The fourth-order valence-corrected chi connectivity index (χ4v) is 2.24. The van der Waals surface area contributed by atoms with E-state index in [2.05, 4.69) is 0 Å². The van der Waals surface area contributed by atoms with Crippen molar-refractivity contribution in [3.63, 3.8) is 0 Å². The monoisotopic (exact) mass is 278 g/mol. The van der Waals surface area contributed by atoms with E-state index in [0.29, 0.717) is 15.6 Å². The Hall–Kier alpha value is -1.31. The number of ketones is 1. The minimum Gasteiger partial charge on any atom is -0.295 e. The van der Waals surface area contributed by atoms with Gasteiger partial charge in [-0.15, -0.1) is 0 Å². The Labute approximate surface area is 116 Å². The summed E-state index contributed by atoms with van der Waals surface area (Å²) in [5.74, 6) is 0.0209. The van der Waals surface area contributed by atoms with E-state index in [0.717, 1.165) is 16.7 Å². The second-order valence-corrected chi connectivity index (χ2v) is 4.98. The molecule has 92 valence electrons. The van der Waals surface area contributed by atoms with E-state index in [9.17, 15) is 4.79 Å². The van der Waals surface area contributed by atoms with Crippen LogP contribution in [0.3, 0.4) is 0 Å². The molecule has 0 saturated heterocycles. The van der Waals surface area contributed by atoms with Gasteiger partial charge in [0.1, 0.15) is 0 Å². The van der Waals surface area contributed by atoms with Gasteiger partial charge in [-0.2, -0.15) is 0 Å². The van der Waals surface area contributed by atoms with Gasteiger partial charge < -0.3 is 0 Å². The minimum atomic E-state index is 0.0209. The summed E-state index contributed by atoms with van der Waals surface area (Å²) in [7, 11) is 0. The van der Waals surface area contributed by atoms with Crippen LogP contribution >= 0.6 is 23.2 Å². The van der Waals surface area contributed by atoms with Crippen LogP contribution in [0.4, 0.5) is 0 Å². The van der Waals surface area contributed by atoms with Gasteiger partial charge in [-0.1, -0.05) is 35.3 Å². The molecule has 0 fully saturated rings. The molecule has 0 unspecified atom stereocenters. The lowest BCUT2D eigenvalue weighted by Gasteiger charge is -2.10. The molecule has 0 aliphatic carbocycles. The summed E-state index contributed by atoms with van der Waals surface area (Å²) in [4.78, 5) is 11.4. The van der Waals surface area contributed by atoms with E-state index >= 15 is 0 Å². The molecule has 0 aliphatic heterocycles. The lowest BCUT2D eigenvalue weighted by Crippen LogP contribution is -1.93. The molecular weight excluding hydrogens is 267 g/mol. The van der Waals surface area contributed by atoms with Gasteiger partial charge >= 0.3 is 0 Å². The Morgan fingerprint density at radius 1 is 1.00 bits per heavy atom. The predicted octanol–water partition coefficient (Wildman–Crippen LogP) is 5.17. The molecule has 3 heteroatoms. The van der Waals surface area contributed by atoms with Gasteiger partial charge in [-0.25, -0.2) is 0 Å². The third-order valence-corrected chi connectivity index (χ3v) is 3.67. The molecule has 0 aromatic heterocycles. The third kappa shape index (κ3) is 2.43. The number of rotatable bonds is 2. The molecule has 0 atom stereocenters. The second kappa shape index (κ2) is 5.13. The van der Waals surface area contributed by atoms with Crippen molar-refractivity contribution in [2.24, 2.45) is 0 Å². The molecule has 0 heterocycles. The van der Waals surface area contributed by atoms with E-state index in [-0.39, 0.29) is 5.78 Å². The van der Waals surface area contributed by atoms with Crippen molar-refractivity contribution in [3.05, 3.63) is 57.6 Å². The van der Waals surface area contributed by atoms with Gasteiger partial charge in [-0.05, 0) is 49.2 Å². The van der Waals surface area contributed by atoms with Crippen molar-refractivity contribution >= 4 is 29.0 Å². The van der Waals surface area contributed by atoms with Gasteiger partial charge in [0, 0.05) is 21.2 Å². The van der Waals surface area contributed by atoms with Crippen molar-refractivity contribution < 1.29 is 4.79 Å². The van der Waals surface area contributed by atoms with Crippen LogP contribution in [0.1, 0.15) is 22.8 Å². The summed E-state index contributed by atoms with van der Waals surface area (Å²) in [6.07, 6.45) is 0. The Kier molecular flexibility index (Phi) is 3.74. The number of hydrogen-bond acceptors (Lipinski definition) is 1. The van der Waals surface area contributed by atoms with Crippen molar-refractivity contribution in [1.82, 2.24) is 0 Å². The van der Waals surface area contributed by atoms with Crippen molar-refractivity contribution in [1.29, 1.82) is 0 Å². The first-order valence-corrected chi connectivity index (χ1v) is 6.32. The molecule has 0 bridgehead atoms. The largest absolute Gasteiger partial charge is 0.295 e. The minimum absolute atomic E-state index is 0.0209. The lowest BCUT2D eigenvalue weighted by molar-refractivity contribution is 0.101. The van der Waals surface area contributed by atoms with Crippen LogP contribution in [-0.2, 0) is 0 Å². The fraction of sp³-hybridized carbons (Fsp3) is 0.133. The highest BCUT2D eigenvalue weighted by molar-refractivity contribution is 6.34. The van der Waals surface area contributed by atoms with E-state index in [1.807, 2.05) is 31.2 Å². The topological polar surface area (TPSA) is 17.1 Å². The fourth-order valence-electron chi connectivity index (χ4n) is 1.85. The number of benzene rings is 2. The van der Waals surface area contributed by atoms with Crippen LogP contribution in [0.2, 0.25) is 10.0 Å². The molecule has 0 spiro atoms. The summed E-state index contributed by atoms with van der Waals surface area (Å²) in [5, 5.41) is 1.31. The average molecular weight is 279 g/mol. The van der Waals surface area contributed by atoms with Crippen LogP contribution < -0.4 is 0 Å². The smallest absolute Gasteiger partial charge is 0.159 e. The summed E-state index contributed by atoms with van der Waals surface area (Å²) in [6, 6.07) is 10.9. The van der Waals surface area contributed by atoms with Gasteiger partial charge in [0.2, 0.25) is 0 Å². The zero-order valence-corrected chi connectivity index (χ0v) is 11.6. The van der Waals surface area contributed by atoms with E-state index in [1.165, 1.54) is 6.92 Å². The second-order valence-electron chi connectivity index (χ2n) is 4.16. The molecule has 18 heavy (non-hydrogen) atoms. The van der Waals surface area contributed by atoms with E-state index < -0.39 is 0 Å². The van der Waals surface area contributed by atoms with Gasteiger partial charge in [0.05, 0.1) is 0 Å². The van der Waals surface area contributed by atoms with Crippen LogP contribution in [-0.4, -0.2) is 5.78 Å². The van der Waals surface area contributed by atoms with Gasteiger partial charge in [0.15, 0.2) is 5.78 Å². The average Bonchev–Trinajstić information content (AvgIpc) is 2.33. The first-order valence-electron chi connectivity index (χ1n) is 5.56. The Morgan fingerprint density at radius 2 is 1.72 bits per heavy atom. The van der Waals surface area contributed by atoms with Crippen LogP contribution in [0.25, 0.3) is 11.1 Å². The number of halogens is 2. The maximum absolute atomic E-state index is 11.4. The molecule has 0 aliphatic rings. The number of hydrogen-bond donors (Lipinski definition) is 0. The van der Waals surface area contributed by atoms with Crippen molar-refractivity contribution in [2.75, 3.05) is 0 Å². The molecular formula is C15H12Cl2O. The van der Waals surface area contributed by atoms with Crippen LogP contribution in [0.5, 0.6) is 0 Å². The lowest BCUT2D eigenvalue weighted by atomic mass is 9.98. The van der Waals surface area contributed by atoms with E-state index in [4.69, 9.17) is 23.2 Å². The quantitative estimate of drug-likeness (QED) is 0.693. The summed E-state index contributed by atoms with van der Waals surface area (Å²) < 4.78 is 0. The molecule has 0 radical (unpaired) electrons. The predicted molar refractivity (Wildman–Crippen MR) is 76.6 cm³/mol. The maximum atomic E-state index is 11.4. The molecule has 2 rings (SSSR count). The van der Waals surface area contributed by atoms with Crippen LogP contribution in [0.15, 0.2) is 36.4 Å². The standard InChI is InChI=1S/C15H12Cl2O/c1-9-12(4-3-5-14(9)16)13-8-11(10(2)18)6-7-15(13)17/h3-8H,1-2H3. The summed E-state index contributed by atoms with van der Waals surface area (Å²) >= 11 is 12.3. The molecule has 2 aromatic carbocycles. The SMILES string of the molecule is CC(=O)c1ccc(Cl)c(-c2cccc(Cl)c2C)c1. The Bertz CT molecular complexity index is 618. The molecule has 0 saturated carbocycles. The van der Waals surface area contributed by atoms with Crippen LogP contribution in [0, 0.1) is 6.92 Å². The van der Waals surface area contributed by atoms with Crippen molar-refractivity contribution in [3.8, 4) is 11.1 Å². The number of carbonyl (C=O) groups is 1. The number of carbonyl (C=O) groups excluding carboxylic acids is 1. The first-order chi connectivity index (χ1) is 8.50. The molecule has 0 amide bonds. The normalized spacial score (nSPS) is 10.4. The molecule has 2 aromatic rings. The highest BCUT2D eigenvalue weighted by Crippen LogP contribution is 2.33. The Morgan fingerprint density at radius 3 is 2.39 bits per heavy atom. The van der Waals surface area contributed by atoms with Gasteiger partial charge in [-0.3, -0.25) is 4.79 Å². The molecule has 1 nitrogen and oxygen atoms in total. The Balaban J connectivity index is 2.66. The summed E-state index contributed by atoms with van der Waals surface area (Å²) in [6.45, 7) is 3.48. The zero-order chi connectivity index (χ0) is 13.3. The summed E-state index contributed by atoms with van der Waals surface area (Å²) in [5.41, 5.74) is 3.40. The molecule has 0 N–H and O–H groups in total. The maximum Gasteiger partial charge on any atom is 0.159 e. The van der Waals surface area contributed by atoms with E-state index in [1.54, 1.807) is 12.1 Å². The highest BCUT2D eigenvalue weighted by atomic mass is 35.5. The third-order valence-electron chi connectivity index (χ3n) is 2.93. The zero-order valence-electron chi connectivity index (χ0n) is 10.1. The van der Waals surface area contributed by atoms with Gasteiger partial charge in [0.25, 0.3) is 0 Å². The number of Topliss-reactive ketones (excluding diaryl/α,β-unsaturated/α-hetero) is 1. The first kappa shape index (κ1) is 13.1. The van der Waals surface area contributed by atoms with Crippen molar-refractivity contribution in [2.45, 2.75) is 13.8 Å².